The molecule has 0 spiro atoms. The number of carbonyl (C=O) groups excluding carboxylic acids is 1. The Labute approximate surface area is 186 Å². The van der Waals surface area contributed by atoms with Gasteiger partial charge in [-0.1, -0.05) is 26.0 Å². The molecule has 0 N–H and O–H groups in total. The molecule has 0 aliphatic rings. The Bertz CT molecular complexity index is 903. The van der Waals surface area contributed by atoms with Crippen LogP contribution in [0.4, 0.5) is 65.9 Å². The van der Waals surface area contributed by atoms with Crippen LogP contribution >= 0.6 is 0 Å². The summed E-state index contributed by atoms with van der Waals surface area (Å²) in [6, 6.07) is 3.54. The molecule has 2 nitrogen and oxygen atoms in total. The van der Waals surface area contributed by atoms with Crippen LogP contribution in [0.15, 0.2) is 24.3 Å². The molecular formula is C18H13F15O2. The van der Waals surface area contributed by atoms with Gasteiger partial charge in [-0.15, -0.1) is 0 Å². The molecule has 0 heterocycles. The number of esters is 1. The Balaban J connectivity index is 3.41. The van der Waals surface area contributed by atoms with E-state index >= 15 is 0 Å². The number of hydrogen-bond donors (Lipinski definition) is 0. The highest BCUT2D eigenvalue weighted by molar-refractivity contribution is 5.81. The molecule has 35 heavy (non-hydrogen) atoms. The molecule has 1 unspecified atom stereocenters. The van der Waals surface area contributed by atoms with Gasteiger partial charge >= 0.3 is 47.7 Å². The molecule has 0 saturated carbocycles. The topological polar surface area (TPSA) is 26.3 Å². The van der Waals surface area contributed by atoms with Crippen LogP contribution in [-0.4, -0.2) is 47.7 Å². The number of benzene rings is 1. The number of alkyl halides is 15. The summed E-state index contributed by atoms with van der Waals surface area (Å²) in [4.78, 5) is 11.4. The minimum absolute atomic E-state index is 0.164. The Kier molecular flexibility index (Phi) is 7.83. The monoisotopic (exact) mass is 546 g/mol. The van der Waals surface area contributed by atoms with Gasteiger partial charge in [0.2, 0.25) is 0 Å². The first-order valence-corrected chi connectivity index (χ1v) is 9.00. The third-order valence-electron chi connectivity index (χ3n) is 4.86. The van der Waals surface area contributed by atoms with E-state index in [9.17, 15) is 70.7 Å². The lowest BCUT2D eigenvalue weighted by Crippen LogP contribution is -2.73. The van der Waals surface area contributed by atoms with Gasteiger partial charge in [-0.3, -0.25) is 0 Å². The van der Waals surface area contributed by atoms with Crippen LogP contribution in [0.1, 0.15) is 31.7 Å². The second kappa shape index (κ2) is 8.94. The molecule has 0 radical (unpaired) electrons. The van der Waals surface area contributed by atoms with Crippen LogP contribution in [-0.2, 0) is 4.79 Å². The minimum Gasteiger partial charge on any atom is -0.422 e. The van der Waals surface area contributed by atoms with Crippen molar-refractivity contribution in [1.82, 2.24) is 0 Å². The largest absolute Gasteiger partial charge is 0.460 e. The van der Waals surface area contributed by atoms with E-state index in [0.717, 1.165) is 12.1 Å². The van der Waals surface area contributed by atoms with Crippen LogP contribution in [0, 0.1) is 0 Å². The molecule has 1 rings (SSSR count). The number of rotatable bonds is 9. The lowest BCUT2D eigenvalue weighted by Gasteiger charge is -2.40. The fraction of sp³-hybridized carbons (Fsp3) is 0.611. The normalized spacial score (nSPS) is 15.7. The Morgan fingerprint density at radius 1 is 0.686 bits per heavy atom. The van der Waals surface area contributed by atoms with Crippen molar-refractivity contribution in [1.29, 1.82) is 0 Å². The second-order valence-electron chi connectivity index (χ2n) is 7.21. The summed E-state index contributed by atoms with van der Waals surface area (Å²) < 4.78 is 201. The SMILES string of the molecule is CCC(C)c1ccc(OC(=O)C(F)(F)C(F)(F)C(F)(F)C(F)(F)C(F)(F)C(F)(F)C(F)(F)F)cc1. The lowest BCUT2D eigenvalue weighted by atomic mass is 9.91. The van der Waals surface area contributed by atoms with Crippen molar-refractivity contribution in [3.05, 3.63) is 29.8 Å². The molecule has 0 fully saturated rings. The van der Waals surface area contributed by atoms with E-state index in [4.69, 9.17) is 0 Å². The van der Waals surface area contributed by atoms with Crippen molar-refractivity contribution >= 4 is 5.97 Å². The zero-order chi connectivity index (χ0) is 28.1. The average Bonchev–Trinajstić information content (AvgIpc) is 2.71. The van der Waals surface area contributed by atoms with Gasteiger partial charge in [-0.05, 0) is 30.0 Å². The third-order valence-corrected chi connectivity index (χ3v) is 4.86. The van der Waals surface area contributed by atoms with Gasteiger partial charge in [0, 0.05) is 0 Å². The van der Waals surface area contributed by atoms with E-state index in [1.807, 2.05) is 0 Å². The number of hydrogen-bond acceptors (Lipinski definition) is 2. The molecule has 0 bridgehead atoms. The van der Waals surface area contributed by atoms with Crippen molar-refractivity contribution in [3.8, 4) is 5.75 Å². The van der Waals surface area contributed by atoms with Crippen molar-refractivity contribution in [2.24, 2.45) is 0 Å². The summed E-state index contributed by atoms with van der Waals surface area (Å²) in [5, 5.41) is 0. The maximum atomic E-state index is 13.8. The smallest absolute Gasteiger partial charge is 0.422 e. The van der Waals surface area contributed by atoms with Crippen LogP contribution < -0.4 is 4.74 Å². The van der Waals surface area contributed by atoms with Gasteiger partial charge in [-0.25, -0.2) is 4.79 Å². The van der Waals surface area contributed by atoms with E-state index in [1.165, 1.54) is 0 Å². The Hall–Kier alpha value is -2.36. The van der Waals surface area contributed by atoms with Gasteiger partial charge in [0.1, 0.15) is 5.75 Å². The van der Waals surface area contributed by atoms with Gasteiger partial charge in [-0.2, -0.15) is 65.9 Å². The van der Waals surface area contributed by atoms with E-state index in [2.05, 4.69) is 4.74 Å². The summed E-state index contributed by atoms with van der Waals surface area (Å²) in [5.74, 6) is -53.3. The Morgan fingerprint density at radius 3 is 1.43 bits per heavy atom. The highest BCUT2D eigenvalue weighted by Gasteiger charge is 2.94. The zero-order valence-corrected chi connectivity index (χ0v) is 17.1. The van der Waals surface area contributed by atoms with E-state index in [-0.39, 0.29) is 5.92 Å². The van der Waals surface area contributed by atoms with Crippen LogP contribution in [0.2, 0.25) is 0 Å². The quantitative estimate of drug-likeness (QED) is 0.183. The molecule has 0 amide bonds. The summed E-state index contributed by atoms with van der Waals surface area (Å²) >= 11 is 0. The summed E-state index contributed by atoms with van der Waals surface area (Å²) in [7, 11) is 0. The number of carbonyl (C=O) groups is 1. The van der Waals surface area contributed by atoms with Crippen LogP contribution in [0.5, 0.6) is 5.75 Å². The maximum Gasteiger partial charge on any atom is 0.460 e. The summed E-state index contributed by atoms with van der Waals surface area (Å²) in [5.41, 5.74) is 0.475. The van der Waals surface area contributed by atoms with Crippen LogP contribution in [0.3, 0.4) is 0 Å². The van der Waals surface area contributed by atoms with Gasteiger partial charge < -0.3 is 4.74 Å². The molecular weight excluding hydrogens is 533 g/mol. The van der Waals surface area contributed by atoms with Crippen molar-refractivity contribution in [3.63, 3.8) is 0 Å². The first kappa shape index (κ1) is 30.7. The number of ether oxygens (including phenoxy) is 1. The Morgan fingerprint density at radius 2 is 1.06 bits per heavy atom. The third kappa shape index (κ3) is 4.61. The van der Waals surface area contributed by atoms with E-state index in [1.54, 1.807) is 13.8 Å². The minimum atomic E-state index is -8.47. The first-order chi connectivity index (χ1) is 15.3. The molecule has 1 aromatic carbocycles. The molecule has 1 aromatic rings. The molecule has 202 valence electrons. The zero-order valence-electron chi connectivity index (χ0n) is 17.1. The molecule has 17 heteroatoms. The van der Waals surface area contributed by atoms with Crippen LogP contribution in [0.25, 0.3) is 0 Å². The van der Waals surface area contributed by atoms with Gasteiger partial charge in [0.05, 0.1) is 0 Å². The fourth-order valence-corrected chi connectivity index (χ4v) is 2.37. The lowest BCUT2D eigenvalue weighted by molar-refractivity contribution is -0.450. The van der Waals surface area contributed by atoms with Gasteiger partial charge in [0.15, 0.2) is 0 Å². The average molecular weight is 546 g/mol. The van der Waals surface area contributed by atoms with Gasteiger partial charge in [0.25, 0.3) is 0 Å². The molecule has 0 aromatic heterocycles. The molecule has 1 atom stereocenters. The van der Waals surface area contributed by atoms with Crippen molar-refractivity contribution < 1.29 is 75.4 Å². The highest BCUT2D eigenvalue weighted by atomic mass is 19.4. The summed E-state index contributed by atoms with van der Waals surface area (Å²) in [6.07, 6.45) is -7.17. The maximum absolute atomic E-state index is 13.8. The molecule has 0 saturated heterocycles. The highest BCUT2D eigenvalue weighted by Crippen LogP contribution is 2.62. The summed E-state index contributed by atoms with van der Waals surface area (Å²) in [6.45, 7) is 3.38. The predicted octanol–water partition coefficient (Wildman–Crippen LogP) is 7.48. The predicted molar refractivity (Wildman–Crippen MR) is 86.5 cm³/mol. The van der Waals surface area contributed by atoms with Crippen molar-refractivity contribution in [2.45, 2.75) is 67.9 Å². The first-order valence-electron chi connectivity index (χ1n) is 9.00. The van der Waals surface area contributed by atoms with E-state index < -0.39 is 53.4 Å². The molecule has 0 aliphatic heterocycles. The van der Waals surface area contributed by atoms with E-state index in [0.29, 0.717) is 24.1 Å². The number of halogens is 15. The molecule has 0 aliphatic carbocycles. The second-order valence-corrected chi connectivity index (χ2v) is 7.21. The standard InChI is InChI=1S/C18H13F15O2/c1-3-8(2)9-4-6-10(7-5-9)35-11(34)12(19,20)13(21,22)14(23,24)15(25,26)16(27,28)17(29,30)18(31,32)33/h4-8H,3H2,1-2H3. The van der Waals surface area contributed by atoms with Crippen molar-refractivity contribution in [2.75, 3.05) is 0 Å². The fourth-order valence-electron chi connectivity index (χ4n) is 2.37.